The van der Waals surface area contributed by atoms with Crippen LogP contribution in [-0.4, -0.2) is 22.2 Å². The summed E-state index contributed by atoms with van der Waals surface area (Å²) in [6.45, 7) is 6.54. The fraction of sp³-hybridized carbons (Fsp3) is 0.667. The van der Waals surface area contributed by atoms with Gasteiger partial charge in [-0.1, -0.05) is 84.6 Å². The monoisotopic (exact) mass is 390 g/mol. The summed E-state index contributed by atoms with van der Waals surface area (Å²) in [6.07, 6.45) is 13.6. The van der Waals surface area contributed by atoms with Crippen molar-refractivity contribution in [1.29, 1.82) is 0 Å². The van der Waals surface area contributed by atoms with Crippen LogP contribution in [0.5, 0.6) is 0 Å². The topological polar surface area (TPSA) is 74.6 Å². The van der Waals surface area contributed by atoms with Crippen LogP contribution in [-0.2, 0) is 12.8 Å². The smallest absolute Gasteiger partial charge is 0.336 e. The van der Waals surface area contributed by atoms with E-state index in [1.54, 1.807) is 6.07 Å². The lowest BCUT2D eigenvalue weighted by molar-refractivity contribution is 0.0650. The molecule has 0 spiro atoms. The highest BCUT2D eigenvalue weighted by atomic mass is 16.4. The number of rotatable bonds is 15. The highest BCUT2D eigenvalue weighted by molar-refractivity contribution is 6.03. The van der Waals surface area contributed by atoms with Gasteiger partial charge in [-0.3, -0.25) is 0 Å². The van der Waals surface area contributed by atoms with Crippen molar-refractivity contribution in [1.82, 2.24) is 0 Å². The lowest BCUT2D eigenvalue weighted by Gasteiger charge is -2.14. The molecule has 158 valence electrons. The fourth-order valence-electron chi connectivity index (χ4n) is 3.82. The first-order valence-electron chi connectivity index (χ1n) is 11.0. The van der Waals surface area contributed by atoms with E-state index in [1.165, 1.54) is 51.0 Å². The summed E-state index contributed by atoms with van der Waals surface area (Å²) >= 11 is 0. The largest absolute Gasteiger partial charge is 0.478 e. The Bertz CT molecular complexity index is 619. The zero-order chi connectivity index (χ0) is 20.9. The molecule has 28 heavy (non-hydrogen) atoms. The third-order valence-corrected chi connectivity index (χ3v) is 5.44. The summed E-state index contributed by atoms with van der Waals surface area (Å²) in [5.41, 5.74) is 1.54. The highest BCUT2D eigenvalue weighted by Gasteiger charge is 2.21. The van der Waals surface area contributed by atoms with Gasteiger partial charge in [0.05, 0.1) is 11.1 Å². The summed E-state index contributed by atoms with van der Waals surface area (Å²) < 4.78 is 0. The van der Waals surface area contributed by atoms with Gasteiger partial charge in [0, 0.05) is 0 Å². The van der Waals surface area contributed by atoms with Crippen LogP contribution >= 0.6 is 0 Å². The number of aryl methyl sites for hydroxylation is 1. The zero-order valence-electron chi connectivity index (χ0n) is 17.9. The van der Waals surface area contributed by atoms with Crippen molar-refractivity contribution in [3.8, 4) is 0 Å². The van der Waals surface area contributed by atoms with E-state index >= 15 is 0 Å². The van der Waals surface area contributed by atoms with Crippen molar-refractivity contribution >= 4 is 11.9 Å². The lowest BCUT2D eigenvalue weighted by atomic mass is 9.90. The number of unbranched alkanes of at least 4 members (excludes halogenated alkanes) is 8. The number of carboxylic acids is 2. The molecule has 0 radical (unpaired) electrons. The maximum absolute atomic E-state index is 11.7. The molecule has 1 aromatic rings. The summed E-state index contributed by atoms with van der Waals surface area (Å²) in [7, 11) is 0. The summed E-state index contributed by atoms with van der Waals surface area (Å²) in [5.74, 6) is -1.50. The minimum atomic E-state index is -1.17. The van der Waals surface area contributed by atoms with Gasteiger partial charge >= 0.3 is 11.9 Å². The third kappa shape index (κ3) is 8.45. The van der Waals surface area contributed by atoms with E-state index in [-0.39, 0.29) is 11.1 Å². The molecule has 0 aliphatic heterocycles. The molecule has 4 heteroatoms. The summed E-state index contributed by atoms with van der Waals surface area (Å²) in [6, 6.07) is 3.19. The minimum absolute atomic E-state index is 0.0201. The Morgan fingerprint density at radius 1 is 0.821 bits per heavy atom. The molecule has 0 bridgehead atoms. The Labute approximate surface area is 170 Å². The normalized spacial score (nSPS) is 11.1. The molecular formula is C24H38O4. The second-order valence-corrected chi connectivity index (χ2v) is 8.20. The van der Waals surface area contributed by atoms with E-state index in [1.807, 2.05) is 6.92 Å². The van der Waals surface area contributed by atoms with Gasteiger partial charge in [0.1, 0.15) is 0 Å². The Morgan fingerprint density at radius 3 is 1.82 bits per heavy atom. The van der Waals surface area contributed by atoms with Crippen molar-refractivity contribution in [2.24, 2.45) is 5.92 Å². The van der Waals surface area contributed by atoms with Crippen molar-refractivity contribution in [2.45, 2.75) is 97.8 Å². The first-order valence-corrected chi connectivity index (χ1v) is 11.0. The Morgan fingerprint density at radius 2 is 1.36 bits per heavy atom. The van der Waals surface area contributed by atoms with Gasteiger partial charge in [0.2, 0.25) is 0 Å². The molecule has 0 amide bonds. The standard InChI is InChI=1S/C24H38O4/c1-4-19-16-17-21(23(25)26)22(24(27)28)20(19)15-13-11-9-7-5-6-8-10-12-14-18(2)3/h16-18H,4-15H2,1-3H3,(H,25,26)(H,27,28). The highest BCUT2D eigenvalue weighted by Crippen LogP contribution is 2.23. The van der Waals surface area contributed by atoms with Crippen LogP contribution in [0.1, 0.15) is 117 Å². The van der Waals surface area contributed by atoms with E-state index < -0.39 is 11.9 Å². The SMILES string of the molecule is CCc1ccc(C(=O)O)c(C(=O)O)c1CCCCCCCCCCCC(C)C. The number of carboxylic acid groups (broad SMARTS) is 2. The molecule has 0 aliphatic carbocycles. The van der Waals surface area contributed by atoms with Crippen LogP contribution in [0.25, 0.3) is 0 Å². The van der Waals surface area contributed by atoms with Gasteiger partial charge in [0.25, 0.3) is 0 Å². The van der Waals surface area contributed by atoms with Crippen LogP contribution in [0, 0.1) is 5.92 Å². The van der Waals surface area contributed by atoms with E-state index in [0.29, 0.717) is 18.4 Å². The zero-order valence-corrected chi connectivity index (χ0v) is 17.9. The molecule has 4 nitrogen and oxygen atoms in total. The lowest BCUT2D eigenvalue weighted by Crippen LogP contribution is -2.13. The average molecular weight is 391 g/mol. The Balaban J connectivity index is 2.40. The minimum Gasteiger partial charge on any atom is -0.478 e. The van der Waals surface area contributed by atoms with E-state index in [9.17, 15) is 19.8 Å². The predicted molar refractivity (Wildman–Crippen MR) is 114 cm³/mol. The quantitative estimate of drug-likeness (QED) is 0.325. The first-order chi connectivity index (χ1) is 13.4. The number of hydrogen-bond acceptors (Lipinski definition) is 2. The van der Waals surface area contributed by atoms with Crippen molar-refractivity contribution in [3.05, 3.63) is 34.4 Å². The summed E-state index contributed by atoms with van der Waals surface area (Å²) in [5, 5.41) is 18.9. The molecule has 0 saturated carbocycles. The molecule has 1 aromatic carbocycles. The Hall–Kier alpha value is -1.84. The number of aromatic carboxylic acids is 2. The maximum atomic E-state index is 11.7. The van der Waals surface area contributed by atoms with Crippen LogP contribution in [0.3, 0.4) is 0 Å². The van der Waals surface area contributed by atoms with Crippen LogP contribution in [0.4, 0.5) is 0 Å². The van der Waals surface area contributed by atoms with Crippen molar-refractivity contribution in [2.75, 3.05) is 0 Å². The second-order valence-electron chi connectivity index (χ2n) is 8.20. The van der Waals surface area contributed by atoms with Gasteiger partial charge in [-0.05, 0) is 42.4 Å². The Kier molecular flexibility index (Phi) is 11.5. The average Bonchev–Trinajstić information content (AvgIpc) is 2.64. The van der Waals surface area contributed by atoms with Crippen molar-refractivity contribution in [3.63, 3.8) is 0 Å². The fourth-order valence-corrected chi connectivity index (χ4v) is 3.82. The first kappa shape index (κ1) is 24.2. The van der Waals surface area contributed by atoms with Crippen LogP contribution in [0.15, 0.2) is 12.1 Å². The van der Waals surface area contributed by atoms with Gasteiger partial charge in [-0.25, -0.2) is 9.59 Å². The van der Waals surface area contributed by atoms with E-state index in [2.05, 4.69) is 13.8 Å². The molecule has 0 saturated heterocycles. The molecule has 0 aliphatic rings. The number of hydrogen-bond donors (Lipinski definition) is 2. The molecule has 0 fully saturated rings. The predicted octanol–water partition coefficient (Wildman–Crippen LogP) is 6.74. The molecule has 0 unspecified atom stereocenters. The van der Waals surface area contributed by atoms with E-state index in [4.69, 9.17) is 0 Å². The number of carbonyl (C=O) groups is 2. The number of benzene rings is 1. The van der Waals surface area contributed by atoms with Crippen LogP contribution in [0.2, 0.25) is 0 Å². The molecule has 0 heterocycles. The van der Waals surface area contributed by atoms with Gasteiger partial charge in [0.15, 0.2) is 0 Å². The molecule has 0 aromatic heterocycles. The molecule has 1 rings (SSSR count). The summed E-state index contributed by atoms with van der Waals surface area (Å²) in [4.78, 5) is 23.1. The molecular weight excluding hydrogens is 352 g/mol. The van der Waals surface area contributed by atoms with Gasteiger partial charge in [-0.2, -0.15) is 0 Å². The second kappa shape index (κ2) is 13.4. The van der Waals surface area contributed by atoms with Crippen molar-refractivity contribution < 1.29 is 19.8 Å². The molecule has 0 atom stereocenters. The van der Waals surface area contributed by atoms with E-state index in [0.717, 1.165) is 30.7 Å². The molecule has 2 N–H and O–H groups in total. The maximum Gasteiger partial charge on any atom is 0.336 e. The third-order valence-electron chi connectivity index (χ3n) is 5.44. The van der Waals surface area contributed by atoms with Gasteiger partial charge in [-0.15, -0.1) is 0 Å². The van der Waals surface area contributed by atoms with Crippen LogP contribution < -0.4 is 0 Å². The van der Waals surface area contributed by atoms with Gasteiger partial charge < -0.3 is 10.2 Å².